The molecule has 0 spiro atoms. The van der Waals surface area contributed by atoms with Crippen LogP contribution >= 0.6 is 11.6 Å². The van der Waals surface area contributed by atoms with Crippen molar-refractivity contribution in [3.8, 4) is 0 Å². The summed E-state index contributed by atoms with van der Waals surface area (Å²) in [5.74, 6) is 1.64. The van der Waals surface area contributed by atoms with Crippen LogP contribution in [0.5, 0.6) is 0 Å². The zero-order valence-electron chi connectivity index (χ0n) is 12.9. The largest absolute Gasteiger partial charge is 0.350 e. The van der Waals surface area contributed by atoms with E-state index in [1.54, 1.807) is 5.57 Å². The predicted octanol–water partition coefficient (Wildman–Crippen LogP) is 4.69. The fourth-order valence-electron chi connectivity index (χ4n) is 3.09. The number of alkyl halides is 1. The summed E-state index contributed by atoms with van der Waals surface area (Å²) in [7, 11) is 0. The van der Waals surface area contributed by atoms with Crippen LogP contribution in [0.3, 0.4) is 0 Å². The average Bonchev–Trinajstić information content (AvgIpc) is 2.87. The second kappa shape index (κ2) is 7.63. The van der Waals surface area contributed by atoms with Crippen molar-refractivity contribution in [2.75, 3.05) is 12.5 Å². The van der Waals surface area contributed by atoms with Gasteiger partial charge in [-0.25, -0.2) is 0 Å². The highest BCUT2D eigenvalue weighted by Crippen LogP contribution is 2.37. The monoisotopic (exact) mass is 298 g/mol. The summed E-state index contributed by atoms with van der Waals surface area (Å²) < 4.78 is 11.6. The van der Waals surface area contributed by atoms with Gasteiger partial charge in [-0.15, -0.1) is 11.6 Å². The van der Waals surface area contributed by atoms with E-state index in [4.69, 9.17) is 21.1 Å². The van der Waals surface area contributed by atoms with Gasteiger partial charge in [-0.3, -0.25) is 0 Å². The fraction of sp³-hybridized carbons (Fsp3) is 0.765. The molecule has 0 aromatic heterocycles. The summed E-state index contributed by atoms with van der Waals surface area (Å²) >= 11 is 5.83. The van der Waals surface area contributed by atoms with Gasteiger partial charge in [0, 0.05) is 5.92 Å². The number of hydrogen-bond acceptors (Lipinski definition) is 2. The number of allylic oxidation sites excluding steroid dienone is 4. The summed E-state index contributed by atoms with van der Waals surface area (Å²) in [6.07, 6.45) is 9.37. The van der Waals surface area contributed by atoms with Gasteiger partial charge in [-0.05, 0) is 45.4 Å². The Morgan fingerprint density at radius 2 is 2.25 bits per heavy atom. The summed E-state index contributed by atoms with van der Waals surface area (Å²) in [4.78, 5) is 0. The molecule has 1 heterocycles. The second-order valence-corrected chi connectivity index (χ2v) is 6.69. The van der Waals surface area contributed by atoms with Gasteiger partial charge >= 0.3 is 0 Å². The summed E-state index contributed by atoms with van der Waals surface area (Å²) in [5.41, 5.74) is 3.00. The lowest BCUT2D eigenvalue weighted by atomic mass is 9.79. The lowest BCUT2D eigenvalue weighted by molar-refractivity contribution is -0.108. The van der Waals surface area contributed by atoms with Gasteiger partial charge in [0.2, 0.25) is 0 Å². The second-order valence-electron chi connectivity index (χ2n) is 6.38. The molecule has 3 heteroatoms. The van der Waals surface area contributed by atoms with E-state index in [-0.39, 0.29) is 12.4 Å². The molecule has 114 valence electrons. The SMILES string of the molecule is CC(C)=CCCC1=CC[C@@H]([C@H]2OC[C@H](CCl)O2)[C@@H](C)C1. The molecule has 1 aliphatic carbocycles. The molecular formula is C17H27ClO2. The smallest absolute Gasteiger partial charge is 0.161 e. The van der Waals surface area contributed by atoms with Gasteiger partial charge in [0.05, 0.1) is 18.6 Å². The molecule has 2 nitrogen and oxygen atoms in total. The van der Waals surface area contributed by atoms with E-state index in [2.05, 4.69) is 32.9 Å². The van der Waals surface area contributed by atoms with E-state index >= 15 is 0 Å². The molecule has 0 aromatic rings. The summed E-state index contributed by atoms with van der Waals surface area (Å²) in [6, 6.07) is 0. The van der Waals surface area contributed by atoms with Crippen LogP contribution < -0.4 is 0 Å². The minimum absolute atomic E-state index is 0.0515. The highest BCUT2D eigenvalue weighted by atomic mass is 35.5. The first-order valence-corrected chi connectivity index (χ1v) is 8.28. The Hall–Kier alpha value is -0.310. The van der Waals surface area contributed by atoms with E-state index in [0.29, 0.717) is 24.3 Å². The van der Waals surface area contributed by atoms with Crippen molar-refractivity contribution >= 4 is 11.6 Å². The third kappa shape index (κ3) is 4.34. The standard InChI is InChI=1S/C17H27ClO2/c1-12(2)5-4-6-14-7-8-16(13(3)9-14)17-19-11-15(10-18)20-17/h5,7,13,15-17H,4,6,8-11H2,1-3H3/t13-,15-,16+,17-/m0/s1. The van der Waals surface area contributed by atoms with Gasteiger partial charge in [-0.1, -0.05) is 30.2 Å². The Labute approximate surface area is 128 Å². The molecular weight excluding hydrogens is 272 g/mol. The van der Waals surface area contributed by atoms with Crippen LogP contribution in [-0.2, 0) is 9.47 Å². The average molecular weight is 299 g/mol. The topological polar surface area (TPSA) is 18.5 Å². The minimum atomic E-state index is -0.0515. The number of hydrogen-bond donors (Lipinski definition) is 0. The summed E-state index contributed by atoms with van der Waals surface area (Å²) in [5, 5.41) is 0. The maximum absolute atomic E-state index is 5.88. The Morgan fingerprint density at radius 1 is 1.45 bits per heavy atom. The third-order valence-electron chi connectivity index (χ3n) is 4.31. The highest BCUT2D eigenvalue weighted by Gasteiger charge is 2.36. The predicted molar refractivity (Wildman–Crippen MR) is 84.0 cm³/mol. The van der Waals surface area contributed by atoms with Crippen LogP contribution in [0.4, 0.5) is 0 Å². The van der Waals surface area contributed by atoms with Gasteiger partial charge in [0.25, 0.3) is 0 Å². The van der Waals surface area contributed by atoms with Crippen LogP contribution in [0.25, 0.3) is 0 Å². The van der Waals surface area contributed by atoms with E-state index in [0.717, 1.165) is 12.8 Å². The number of rotatable bonds is 5. The van der Waals surface area contributed by atoms with Crippen molar-refractivity contribution in [1.29, 1.82) is 0 Å². The van der Waals surface area contributed by atoms with E-state index < -0.39 is 0 Å². The fourth-order valence-corrected chi connectivity index (χ4v) is 3.25. The number of ether oxygens (including phenoxy) is 2. The molecule has 4 atom stereocenters. The molecule has 0 N–H and O–H groups in total. The maximum Gasteiger partial charge on any atom is 0.161 e. The Bertz CT molecular complexity index is 371. The quantitative estimate of drug-likeness (QED) is 0.542. The van der Waals surface area contributed by atoms with Gasteiger partial charge in [-0.2, -0.15) is 0 Å². The number of halogens is 1. The first-order chi connectivity index (χ1) is 9.60. The molecule has 0 unspecified atom stereocenters. The molecule has 0 bridgehead atoms. The maximum atomic E-state index is 5.88. The zero-order valence-corrected chi connectivity index (χ0v) is 13.7. The van der Waals surface area contributed by atoms with Gasteiger partial charge in [0.15, 0.2) is 6.29 Å². The van der Waals surface area contributed by atoms with Crippen molar-refractivity contribution < 1.29 is 9.47 Å². The lowest BCUT2D eigenvalue weighted by Gasteiger charge is -2.32. The van der Waals surface area contributed by atoms with Crippen molar-refractivity contribution in [3.05, 3.63) is 23.3 Å². The molecule has 1 fully saturated rings. The van der Waals surface area contributed by atoms with Crippen molar-refractivity contribution in [1.82, 2.24) is 0 Å². The lowest BCUT2D eigenvalue weighted by Crippen LogP contribution is -2.30. The highest BCUT2D eigenvalue weighted by molar-refractivity contribution is 6.18. The molecule has 2 rings (SSSR count). The first-order valence-electron chi connectivity index (χ1n) is 7.74. The Balaban J connectivity index is 1.84. The molecule has 0 saturated carbocycles. The van der Waals surface area contributed by atoms with E-state index in [1.165, 1.54) is 18.4 Å². The molecule has 0 radical (unpaired) electrons. The minimum Gasteiger partial charge on any atom is -0.350 e. The first kappa shape index (κ1) is 16.1. The van der Waals surface area contributed by atoms with E-state index in [9.17, 15) is 0 Å². The van der Waals surface area contributed by atoms with Crippen LogP contribution in [0.1, 0.15) is 46.5 Å². The van der Waals surface area contributed by atoms with Crippen molar-refractivity contribution in [2.24, 2.45) is 11.8 Å². The van der Waals surface area contributed by atoms with Crippen molar-refractivity contribution in [2.45, 2.75) is 58.8 Å². The van der Waals surface area contributed by atoms with Gasteiger partial charge in [0.1, 0.15) is 0 Å². The normalized spacial score (nSPS) is 33.9. The molecule has 2 aliphatic rings. The molecule has 1 saturated heterocycles. The van der Waals surface area contributed by atoms with Crippen LogP contribution in [0.15, 0.2) is 23.3 Å². The van der Waals surface area contributed by atoms with Crippen LogP contribution in [0, 0.1) is 11.8 Å². The summed E-state index contributed by atoms with van der Waals surface area (Å²) in [6.45, 7) is 7.29. The molecule has 1 aliphatic heterocycles. The molecule has 20 heavy (non-hydrogen) atoms. The Morgan fingerprint density at radius 3 is 2.85 bits per heavy atom. The zero-order chi connectivity index (χ0) is 14.5. The molecule has 0 amide bonds. The van der Waals surface area contributed by atoms with Crippen LogP contribution in [-0.4, -0.2) is 24.9 Å². The van der Waals surface area contributed by atoms with Gasteiger partial charge < -0.3 is 9.47 Å². The van der Waals surface area contributed by atoms with E-state index in [1.807, 2.05) is 0 Å². The van der Waals surface area contributed by atoms with Crippen LogP contribution in [0.2, 0.25) is 0 Å². The third-order valence-corrected chi connectivity index (χ3v) is 4.65. The van der Waals surface area contributed by atoms with Crippen molar-refractivity contribution in [3.63, 3.8) is 0 Å². The molecule has 0 aromatic carbocycles. The Kier molecular flexibility index (Phi) is 6.13.